The number of hydrazine groups is 1. The molecule has 0 atom stereocenters. The maximum Gasteiger partial charge on any atom is 0.0989 e. The summed E-state index contributed by atoms with van der Waals surface area (Å²) in [5.74, 6) is 5.09. The third-order valence-electron chi connectivity index (χ3n) is 1.02. The first-order valence-corrected chi connectivity index (χ1v) is 4.18. The fraction of sp³-hybridized carbons (Fsp3) is 0.200. The third-order valence-corrected chi connectivity index (χ3v) is 2.59. The van der Waals surface area contributed by atoms with Crippen molar-refractivity contribution >= 4 is 34.5 Å². The maximum absolute atomic E-state index is 5.76. The molecule has 0 saturated carbocycles. The van der Waals surface area contributed by atoms with Crippen LogP contribution in [-0.2, 0) is 6.54 Å². The van der Waals surface area contributed by atoms with Gasteiger partial charge < -0.3 is 0 Å². The van der Waals surface area contributed by atoms with Crippen molar-refractivity contribution < 1.29 is 0 Å². The van der Waals surface area contributed by atoms with Gasteiger partial charge in [0.15, 0.2) is 0 Å². The second-order valence-electron chi connectivity index (χ2n) is 1.73. The van der Waals surface area contributed by atoms with Gasteiger partial charge in [-0.05, 0) is 11.6 Å². The first-order chi connectivity index (χ1) is 4.74. The Hall–Kier alpha value is 0.200. The SMILES string of the molecule is NNCc1cc(Cl)sc1Cl. The molecule has 0 amide bonds. The Balaban J connectivity index is 2.81. The molecule has 1 heterocycles. The van der Waals surface area contributed by atoms with E-state index in [0.717, 1.165) is 5.56 Å². The number of nitrogens with one attached hydrogen (secondary N) is 1. The molecule has 1 aromatic heterocycles. The number of hydrogen-bond acceptors (Lipinski definition) is 3. The van der Waals surface area contributed by atoms with Crippen LogP contribution in [0.5, 0.6) is 0 Å². The van der Waals surface area contributed by atoms with Gasteiger partial charge in [0.05, 0.1) is 8.67 Å². The molecule has 0 bridgehead atoms. The summed E-state index contributed by atoms with van der Waals surface area (Å²) in [5, 5.41) is 0. The highest BCUT2D eigenvalue weighted by molar-refractivity contribution is 7.20. The fourth-order valence-electron chi connectivity index (χ4n) is 0.605. The summed E-state index contributed by atoms with van der Waals surface area (Å²) in [5.41, 5.74) is 3.45. The molecule has 3 N–H and O–H groups in total. The first kappa shape index (κ1) is 8.30. The highest BCUT2D eigenvalue weighted by Crippen LogP contribution is 2.30. The molecule has 0 fully saturated rings. The Labute approximate surface area is 72.9 Å². The molecule has 0 spiro atoms. The van der Waals surface area contributed by atoms with Gasteiger partial charge in [0.25, 0.3) is 0 Å². The van der Waals surface area contributed by atoms with Gasteiger partial charge in [0.2, 0.25) is 0 Å². The Kier molecular flexibility index (Phi) is 2.95. The molecule has 0 radical (unpaired) electrons. The van der Waals surface area contributed by atoms with Gasteiger partial charge in [-0.15, -0.1) is 11.3 Å². The average Bonchev–Trinajstić information content (AvgIpc) is 2.13. The van der Waals surface area contributed by atoms with Crippen LogP contribution in [0.1, 0.15) is 5.56 Å². The Morgan fingerprint density at radius 2 is 2.30 bits per heavy atom. The summed E-state index contributed by atoms with van der Waals surface area (Å²) in [7, 11) is 0. The quantitative estimate of drug-likeness (QED) is 0.562. The van der Waals surface area contributed by atoms with E-state index in [0.29, 0.717) is 15.2 Å². The molecular weight excluding hydrogens is 191 g/mol. The van der Waals surface area contributed by atoms with Crippen LogP contribution in [-0.4, -0.2) is 0 Å². The minimum absolute atomic E-state index is 0.558. The maximum atomic E-state index is 5.76. The molecular formula is C5H6Cl2N2S. The molecule has 0 aliphatic rings. The molecule has 0 aromatic carbocycles. The lowest BCUT2D eigenvalue weighted by Crippen LogP contribution is -2.20. The second kappa shape index (κ2) is 3.55. The first-order valence-electron chi connectivity index (χ1n) is 2.61. The lowest BCUT2D eigenvalue weighted by Gasteiger charge is -1.93. The van der Waals surface area contributed by atoms with Crippen LogP contribution in [0.4, 0.5) is 0 Å². The summed E-state index contributed by atoms with van der Waals surface area (Å²) in [6.07, 6.45) is 0. The zero-order chi connectivity index (χ0) is 7.56. The van der Waals surface area contributed by atoms with Crippen molar-refractivity contribution in [3.05, 3.63) is 20.3 Å². The molecule has 0 unspecified atom stereocenters. The highest BCUT2D eigenvalue weighted by atomic mass is 35.5. The van der Waals surface area contributed by atoms with Gasteiger partial charge in [0.1, 0.15) is 0 Å². The lowest BCUT2D eigenvalue weighted by molar-refractivity contribution is 0.744. The largest absolute Gasteiger partial charge is 0.271 e. The van der Waals surface area contributed by atoms with E-state index >= 15 is 0 Å². The van der Waals surface area contributed by atoms with E-state index in [1.807, 2.05) is 0 Å². The van der Waals surface area contributed by atoms with Crippen molar-refractivity contribution in [3.63, 3.8) is 0 Å². The van der Waals surface area contributed by atoms with Crippen molar-refractivity contribution in [2.75, 3.05) is 0 Å². The zero-order valence-electron chi connectivity index (χ0n) is 5.03. The Morgan fingerprint density at radius 1 is 1.60 bits per heavy atom. The normalized spacial score (nSPS) is 10.3. The van der Waals surface area contributed by atoms with E-state index in [1.54, 1.807) is 6.07 Å². The third kappa shape index (κ3) is 1.84. The van der Waals surface area contributed by atoms with Gasteiger partial charge >= 0.3 is 0 Å². The molecule has 1 rings (SSSR count). The summed E-state index contributed by atoms with van der Waals surface area (Å²) in [6, 6.07) is 1.80. The Morgan fingerprint density at radius 3 is 2.70 bits per heavy atom. The molecule has 1 aromatic rings. The van der Waals surface area contributed by atoms with Gasteiger partial charge in [-0.1, -0.05) is 23.2 Å². The number of thiophene rings is 1. The summed E-state index contributed by atoms with van der Waals surface area (Å²) >= 11 is 12.8. The summed E-state index contributed by atoms with van der Waals surface area (Å²) in [6.45, 7) is 0.558. The van der Waals surface area contributed by atoms with E-state index in [1.165, 1.54) is 11.3 Å². The fourth-order valence-corrected chi connectivity index (χ4v) is 2.09. The summed E-state index contributed by atoms with van der Waals surface area (Å²) < 4.78 is 1.39. The van der Waals surface area contributed by atoms with Gasteiger partial charge in [0, 0.05) is 6.54 Å². The van der Waals surface area contributed by atoms with Crippen molar-refractivity contribution in [3.8, 4) is 0 Å². The monoisotopic (exact) mass is 196 g/mol. The number of nitrogens with two attached hydrogens (primary N) is 1. The van der Waals surface area contributed by atoms with Gasteiger partial charge in [-0.2, -0.15) is 0 Å². The average molecular weight is 197 g/mol. The second-order valence-corrected chi connectivity index (χ2v) is 4.02. The molecule has 0 saturated heterocycles. The van der Waals surface area contributed by atoms with Crippen LogP contribution in [0.25, 0.3) is 0 Å². The van der Waals surface area contributed by atoms with E-state index in [-0.39, 0.29) is 0 Å². The van der Waals surface area contributed by atoms with Crippen LogP contribution >= 0.6 is 34.5 Å². The van der Waals surface area contributed by atoms with Crippen molar-refractivity contribution in [2.24, 2.45) is 5.84 Å². The lowest BCUT2D eigenvalue weighted by atomic mass is 10.3. The summed E-state index contributed by atoms with van der Waals surface area (Å²) in [4.78, 5) is 0. The van der Waals surface area contributed by atoms with Crippen molar-refractivity contribution in [1.82, 2.24) is 5.43 Å². The van der Waals surface area contributed by atoms with Crippen LogP contribution in [0.15, 0.2) is 6.07 Å². The van der Waals surface area contributed by atoms with Gasteiger partial charge in [-0.25, -0.2) is 0 Å². The van der Waals surface area contributed by atoms with E-state index < -0.39 is 0 Å². The minimum Gasteiger partial charge on any atom is -0.271 e. The van der Waals surface area contributed by atoms with Crippen molar-refractivity contribution in [1.29, 1.82) is 0 Å². The topological polar surface area (TPSA) is 38.0 Å². The van der Waals surface area contributed by atoms with E-state index in [2.05, 4.69) is 5.43 Å². The molecule has 2 nitrogen and oxygen atoms in total. The number of hydrogen-bond donors (Lipinski definition) is 2. The predicted molar refractivity (Wildman–Crippen MR) is 45.4 cm³/mol. The van der Waals surface area contributed by atoms with Crippen LogP contribution < -0.4 is 11.3 Å². The van der Waals surface area contributed by atoms with Crippen molar-refractivity contribution in [2.45, 2.75) is 6.54 Å². The predicted octanol–water partition coefficient (Wildman–Crippen LogP) is 2.02. The minimum atomic E-state index is 0.558. The Bertz CT molecular complexity index is 223. The van der Waals surface area contributed by atoms with Crippen LogP contribution in [0.3, 0.4) is 0 Å². The van der Waals surface area contributed by atoms with E-state index in [9.17, 15) is 0 Å². The molecule has 0 aliphatic heterocycles. The molecule has 5 heteroatoms. The van der Waals surface area contributed by atoms with Gasteiger partial charge in [-0.3, -0.25) is 11.3 Å². The highest BCUT2D eigenvalue weighted by Gasteiger charge is 2.03. The van der Waals surface area contributed by atoms with Crippen LogP contribution in [0, 0.1) is 0 Å². The zero-order valence-corrected chi connectivity index (χ0v) is 7.35. The van der Waals surface area contributed by atoms with Crippen LogP contribution in [0.2, 0.25) is 8.67 Å². The number of rotatable bonds is 2. The molecule has 10 heavy (non-hydrogen) atoms. The number of halogens is 2. The molecule has 56 valence electrons. The van der Waals surface area contributed by atoms with E-state index in [4.69, 9.17) is 29.0 Å². The standard InChI is InChI=1S/C5H6Cl2N2S/c6-4-1-3(2-9-8)5(7)10-4/h1,9H,2,8H2. The smallest absolute Gasteiger partial charge is 0.0989 e. The molecule has 0 aliphatic carbocycles.